The van der Waals surface area contributed by atoms with Crippen molar-refractivity contribution < 1.29 is 23.2 Å². The van der Waals surface area contributed by atoms with Gasteiger partial charge < -0.3 is 5.11 Å². The number of aliphatic carboxylic acids is 1. The number of rotatable bonds is 6. The lowest BCUT2D eigenvalue weighted by Gasteiger charge is -2.18. The van der Waals surface area contributed by atoms with Crippen LogP contribution in [0.2, 0.25) is 0 Å². The lowest BCUT2D eigenvalue weighted by atomic mass is 10.1. The molecular weight excluding hydrogens is 368 g/mol. The van der Waals surface area contributed by atoms with Crippen LogP contribution in [0.3, 0.4) is 0 Å². The third-order valence-electron chi connectivity index (χ3n) is 2.59. The van der Waals surface area contributed by atoms with Crippen molar-refractivity contribution in [3.63, 3.8) is 0 Å². The van der Waals surface area contributed by atoms with Crippen molar-refractivity contribution in [2.75, 3.05) is 0 Å². The standard InChI is InChI=1S/C11H13BrN2O6S/c1-6(2)10(11(15)16)13-21(19,20)9-4-7(12)3-8(5-9)14(17)18/h3-6,10,13H,1-2H3,(H,15,16)/t10-/m1/s1. The van der Waals surface area contributed by atoms with E-state index in [9.17, 15) is 23.3 Å². The van der Waals surface area contributed by atoms with Crippen LogP contribution in [0.5, 0.6) is 0 Å². The molecule has 0 bridgehead atoms. The maximum atomic E-state index is 12.2. The van der Waals surface area contributed by atoms with Crippen LogP contribution >= 0.6 is 15.9 Å². The molecule has 21 heavy (non-hydrogen) atoms. The average Bonchev–Trinajstić information content (AvgIpc) is 2.34. The molecule has 0 aliphatic rings. The van der Waals surface area contributed by atoms with E-state index in [-0.39, 0.29) is 9.37 Å². The van der Waals surface area contributed by atoms with Crippen LogP contribution in [0.15, 0.2) is 27.6 Å². The number of carbonyl (C=O) groups is 1. The number of nitro benzene ring substituents is 1. The maximum Gasteiger partial charge on any atom is 0.322 e. The molecule has 0 heterocycles. The Labute approximate surface area is 129 Å². The van der Waals surface area contributed by atoms with Gasteiger partial charge in [-0.15, -0.1) is 0 Å². The quantitative estimate of drug-likeness (QED) is 0.571. The molecule has 2 N–H and O–H groups in total. The highest BCUT2D eigenvalue weighted by molar-refractivity contribution is 9.10. The molecule has 0 fully saturated rings. The summed E-state index contributed by atoms with van der Waals surface area (Å²) in [7, 11) is -4.19. The number of nitrogens with one attached hydrogen (secondary N) is 1. The largest absolute Gasteiger partial charge is 0.480 e. The Morgan fingerprint density at radius 3 is 2.38 bits per heavy atom. The minimum Gasteiger partial charge on any atom is -0.480 e. The number of carboxylic acids is 1. The molecule has 0 saturated carbocycles. The number of benzene rings is 1. The predicted molar refractivity (Wildman–Crippen MR) is 77.4 cm³/mol. The van der Waals surface area contributed by atoms with E-state index in [1.54, 1.807) is 13.8 Å². The second kappa shape index (κ2) is 6.50. The van der Waals surface area contributed by atoms with Crippen molar-refractivity contribution >= 4 is 37.6 Å². The summed E-state index contributed by atoms with van der Waals surface area (Å²) < 4.78 is 26.6. The number of halogens is 1. The number of non-ortho nitro benzene ring substituents is 1. The van der Waals surface area contributed by atoms with Crippen LogP contribution in [-0.2, 0) is 14.8 Å². The van der Waals surface area contributed by atoms with Crippen molar-refractivity contribution in [1.82, 2.24) is 4.72 Å². The van der Waals surface area contributed by atoms with Gasteiger partial charge in [0.2, 0.25) is 10.0 Å². The maximum absolute atomic E-state index is 12.2. The zero-order valence-electron chi connectivity index (χ0n) is 11.1. The highest BCUT2D eigenvalue weighted by Crippen LogP contribution is 2.24. The molecule has 8 nitrogen and oxygen atoms in total. The zero-order valence-corrected chi connectivity index (χ0v) is 13.5. The Morgan fingerprint density at radius 1 is 1.38 bits per heavy atom. The zero-order chi connectivity index (χ0) is 16.4. The average molecular weight is 381 g/mol. The normalized spacial score (nSPS) is 13.1. The van der Waals surface area contributed by atoms with Crippen LogP contribution in [0, 0.1) is 16.0 Å². The Bertz CT molecular complexity index is 673. The van der Waals surface area contributed by atoms with E-state index < -0.39 is 38.6 Å². The number of carboxylic acid groups (broad SMARTS) is 1. The summed E-state index contributed by atoms with van der Waals surface area (Å²) in [4.78, 5) is 20.7. The van der Waals surface area contributed by atoms with E-state index in [1.807, 2.05) is 4.72 Å². The van der Waals surface area contributed by atoms with Crippen molar-refractivity contribution in [2.24, 2.45) is 5.92 Å². The first-order valence-electron chi connectivity index (χ1n) is 5.74. The van der Waals surface area contributed by atoms with Gasteiger partial charge in [-0.25, -0.2) is 8.42 Å². The van der Waals surface area contributed by atoms with E-state index in [0.29, 0.717) is 0 Å². The number of sulfonamides is 1. The monoisotopic (exact) mass is 380 g/mol. The first kappa shape index (κ1) is 17.5. The minimum absolute atomic E-state index is 0.202. The number of nitrogens with zero attached hydrogens (tertiary/aromatic N) is 1. The summed E-state index contributed by atoms with van der Waals surface area (Å²) in [5.41, 5.74) is -0.416. The first-order valence-corrected chi connectivity index (χ1v) is 8.02. The fraction of sp³-hybridized carbons (Fsp3) is 0.364. The van der Waals surface area contributed by atoms with Gasteiger partial charge in [0, 0.05) is 16.6 Å². The van der Waals surface area contributed by atoms with Gasteiger partial charge in [0.15, 0.2) is 0 Å². The van der Waals surface area contributed by atoms with Crippen molar-refractivity contribution in [1.29, 1.82) is 0 Å². The molecule has 0 aliphatic carbocycles. The third-order valence-corrected chi connectivity index (χ3v) is 4.47. The van der Waals surface area contributed by atoms with Gasteiger partial charge in [-0.1, -0.05) is 29.8 Å². The molecule has 0 unspecified atom stereocenters. The van der Waals surface area contributed by atoms with E-state index in [0.717, 1.165) is 18.2 Å². The predicted octanol–water partition coefficient (Wildman–Crippen LogP) is 1.74. The molecular formula is C11H13BrN2O6S. The third kappa shape index (κ3) is 4.48. The fourth-order valence-corrected chi connectivity index (χ4v) is 3.55. The van der Waals surface area contributed by atoms with Crippen LogP contribution in [0.1, 0.15) is 13.8 Å². The van der Waals surface area contributed by atoms with E-state index in [1.165, 1.54) is 0 Å². The van der Waals surface area contributed by atoms with Gasteiger partial charge in [-0.05, 0) is 12.0 Å². The van der Waals surface area contributed by atoms with E-state index in [2.05, 4.69) is 15.9 Å². The minimum atomic E-state index is -4.19. The topological polar surface area (TPSA) is 127 Å². The molecule has 0 saturated heterocycles. The molecule has 0 aromatic heterocycles. The molecule has 0 radical (unpaired) electrons. The number of hydrogen-bond acceptors (Lipinski definition) is 5. The Balaban J connectivity index is 3.25. The SMILES string of the molecule is CC(C)[C@@H](NS(=O)(=O)c1cc(Br)cc([N+](=O)[O-])c1)C(=O)O. The Kier molecular flexibility index (Phi) is 5.42. The van der Waals surface area contributed by atoms with Gasteiger partial charge in [0.1, 0.15) is 6.04 Å². The van der Waals surface area contributed by atoms with Crippen LogP contribution in [0.4, 0.5) is 5.69 Å². The van der Waals surface area contributed by atoms with Crippen molar-refractivity contribution in [2.45, 2.75) is 24.8 Å². The van der Waals surface area contributed by atoms with E-state index in [4.69, 9.17) is 5.11 Å². The highest BCUT2D eigenvalue weighted by atomic mass is 79.9. The molecule has 1 rings (SSSR count). The van der Waals surface area contributed by atoms with Gasteiger partial charge >= 0.3 is 5.97 Å². The Morgan fingerprint density at radius 2 is 1.95 bits per heavy atom. The van der Waals surface area contributed by atoms with Crippen LogP contribution in [-0.4, -0.2) is 30.5 Å². The van der Waals surface area contributed by atoms with Crippen molar-refractivity contribution in [3.05, 3.63) is 32.8 Å². The van der Waals surface area contributed by atoms with Gasteiger partial charge in [0.05, 0.1) is 9.82 Å². The van der Waals surface area contributed by atoms with Crippen LogP contribution < -0.4 is 4.72 Å². The molecule has 1 aromatic rings. The molecule has 0 spiro atoms. The lowest BCUT2D eigenvalue weighted by molar-refractivity contribution is -0.385. The first-order chi connectivity index (χ1) is 9.54. The number of hydrogen-bond donors (Lipinski definition) is 2. The lowest BCUT2D eigenvalue weighted by Crippen LogP contribution is -2.44. The number of nitro groups is 1. The van der Waals surface area contributed by atoms with Gasteiger partial charge in [-0.3, -0.25) is 14.9 Å². The summed E-state index contributed by atoms with van der Waals surface area (Å²) in [5, 5.41) is 19.8. The van der Waals surface area contributed by atoms with Crippen LogP contribution in [0.25, 0.3) is 0 Å². The molecule has 1 atom stereocenters. The summed E-state index contributed by atoms with van der Waals surface area (Å²) in [6.07, 6.45) is 0. The summed E-state index contributed by atoms with van der Waals surface area (Å²) in [6, 6.07) is 1.85. The summed E-state index contributed by atoms with van der Waals surface area (Å²) in [6.45, 7) is 3.09. The molecule has 0 aliphatic heterocycles. The van der Waals surface area contributed by atoms with E-state index >= 15 is 0 Å². The smallest absolute Gasteiger partial charge is 0.322 e. The molecule has 116 valence electrons. The second-order valence-corrected chi connectivity index (χ2v) is 7.21. The molecule has 10 heteroatoms. The van der Waals surface area contributed by atoms with Gasteiger partial charge in [0.25, 0.3) is 5.69 Å². The molecule has 0 amide bonds. The Hall–Kier alpha value is -1.52. The summed E-state index contributed by atoms with van der Waals surface area (Å²) in [5.74, 6) is -1.81. The molecule has 1 aromatic carbocycles. The van der Waals surface area contributed by atoms with Gasteiger partial charge in [-0.2, -0.15) is 4.72 Å². The van der Waals surface area contributed by atoms with Crippen molar-refractivity contribution in [3.8, 4) is 0 Å². The summed E-state index contributed by atoms with van der Waals surface area (Å²) >= 11 is 2.98. The fourth-order valence-electron chi connectivity index (χ4n) is 1.52. The second-order valence-electron chi connectivity index (χ2n) is 4.58. The highest BCUT2D eigenvalue weighted by Gasteiger charge is 2.29.